The van der Waals surface area contributed by atoms with Crippen LogP contribution in [-0.2, 0) is 9.47 Å². The van der Waals surface area contributed by atoms with Crippen molar-refractivity contribution in [3.63, 3.8) is 0 Å². The van der Waals surface area contributed by atoms with Crippen molar-refractivity contribution in [1.29, 1.82) is 0 Å². The number of aliphatic imine (C=N–C) groups is 1. The molecule has 1 saturated heterocycles. The van der Waals surface area contributed by atoms with Crippen molar-refractivity contribution in [2.45, 2.75) is 64.9 Å². The Kier molecular flexibility index (Phi) is 10.0. The van der Waals surface area contributed by atoms with Gasteiger partial charge in [0.25, 0.3) is 0 Å². The molecule has 0 bridgehead atoms. The van der Waals surface area contributed by atoms with Crippen LogP contribution in [0.3, 0.4) is 0 Å². The van der Waals surface area contributed by atoms with Gasteiger partial charge in [0, 0.05) is 52.8 Å². The standard InChI is InChI=1S/C19H37N3O2.HI/c1-5-20-17(21-14-18(7-6-8-18)13-16(2)3)22-15-19(23-4)9-11-24-12-10-19;/h16H,5-15H2,1-4H3,(H2,20,21,22);1H. The van der Waals surface area contributed by atoms with Gasteiger partial charge >= 0.3 is 0 Å². The third-order valence-electron chi connectivity index (χ3n) is 5.59. The number of hydrogen-bond acceptors (Lipinski definition) is 3. The molecule has 1 heterocycles. The third-order valence-corrected chi connectivity index (χ3v) is 5.59. The lowest BCUT2D eigenvalue weighted by atomic mass is 9.64. The van der Waals surface area contributed by atoms with E-state index >= 15 is 0 Å². The second-order valence-electron chi connectivity index (χ2n) is 8.00. The van der Waals surface area contributed by atoms with E-state index in [4.69, 9.17) is 14.5 Å². The van der Waals surface area contributed by atoms with Gasteiger partial charge in [0.15, 0.2) is 5.96 Å². The minimum atomic E-state index is -0.124. The van der Waals surface area contributed by atoms with Crippen LogP contribution >= 0.6 is 24.0 Å². The van der Waals surface area contributed by atoms with Gasteiger partial charge in [0.05, 0.1) is 5.60 Å². The molecule has 0 amide bonds. The molecule has 1 aliphatic heterocycles. The van der Waals surface area contributed by atoms with Gasteiger partial charge in [-0.2, -0.15) is 0 Å². The van der Waals surface area contributed by atoms with Crippen LogP contribution in [0.15, 0.2) is 4.99 Å². The fraction of sp³-hybridized carbons (Fsp3) is 0.947. The van der Waals surface area contributed by atoms with Crippen molar-refractivity contribution in [3.05, 3.63) is 0 Å². The van der Waals surface area contributed by atoms with Gasteiger partial charge in [-0.05, 0) is 37.5 Å². The highest BCUT2D eigenvalue weighted by Gasteiger charge is 2.37. The van der Waals surface area contributed by atoms with Crippen LogP contribution in [0.2, 0.25) is 0 Å². The quantitative estimate of drug-likeness (QED) is 0.326. The lowest BCUT2D eigenvalue weighted by molar-refractivity contribution is -0.0855. The molecule has 0 unspecified atom stereocenters. The van der Waals surface area contributed by atoms with Crippen LogP contribution in [0.1, 0.15) is 59.3 Å². The highest BCUT2D eigenvalue weighted by molar-refractivity contribution is 14.0. The van der Waals surface area contributed by atoms with Gasteiger partial charge in [-0.15, -0.1) is 24.0 Å². The molecular weight excluding hydrogens is 429 g/mol. The minimum Gasteiger partial charge on any atom is -0.381 e. The molecular formula is C19H38IN3O2. The highest BCUT2D eigenvalue weighted by Crippen LogP contribution is 2.46. The fourth-order valence-electron chi connectivity index (χ4n) is 4.00. The molecule has 0 aromatic rings. The number of nitrogens with one attached hydrogen (secondary N) is 2. The van der Waals surface area contributed by atoms with Gasteiger partial charge in [-0.25, -0.2) is 0 Å². The van der Waals surface area contributed by atoms with E-state index < -0.39 is 0 Å². The van der Waals surface area contributed by atoms with Crippen molar-refractivity contribution in [3.8, 4) is 0 Å². The molecule has 148 valence electrons. The first-order valence-electron chi connectivity index (χ1n) is 9.68. The van der Waals surface area contributed by atoms with Gasteiger partial charge in [-0.1, -0.05) is 20.3 Å². The summed E-state index contributed by atoms with van der Waals surface area (Å²) in [6.45, 7) is 10.9. The Hall–Kier alpha value is -0.0800. The number of halogens is 1. The summed E-state index contributed by atoms with van der Waals surface area (Å²) < 4.78 is 11.3. The lowest BCUT2D eigenvalue weighted by Gasteiger charge is -2.42. The zero-order valence-electron chi connectivity index (χ0n) is 16.5. The van der Waals surface area contributed by atoms with E-state index in [0.29, 0.717) is 5.41 Å². The summed E-state index contributed by atoms with van der Waals surface area (Å²) in [5.41, 5.74) is 0.314. The fourth-order valence-corrected chi connectivity index (χ4v) is 4.00. The third kappa shape index (κ3) is 6.86. The SMILES string of the molecule is CCNC(=NCC1(CC(C)C)CCC1)NCC1(OC)CCOCC1.I. The maximum absolute atomic E-state index is 5.81. The van der Waals surface area contributed by atoms with Crippen LogP contribution in [0.5, 0.6) is 0 Å². The number of ether oxygens (including phenoxy) is 2. The van der Waals surface area contributed by atoms with E-state index in [2.05, 4.69) is 31.4 Å². The van der Waals surface area contributed by atoms with Crippen LogP contribution in [0.4, 0.5) is 0 Å². The number of nitrogens with zero attached hydrogens (tertiary/aromatic N) is 1. The molecule has 25 heavy (non-hydrogen) atoms. The first-order valence-corrected chi connectivity index (χ1v) is 9.68. The van der Waals surface area contributed by atoms with Gasteiger partial charge < -0.3 is 20.1 Å². The number of methoxy groups -OCH3 is 1. The number of guanidine groups is 1. The first-order chi connectivity index (χ1) is 11.5. The molecule has 2 fully saturated rings. The summed E-state index contributed by atoms with van der Waals surface area (Å²) >= 11 is 0. The summed E-state index contributed by atoms with van der Waals surface area (Å²) in [4.78, 5) is 4.92. The maximum Gasteiger partial charge on any atom is 0.191 e. The molecule has 0 aromatic carbocycles. The summed E-state index contributed by atoms with van der Waals surface area (Å²) in [6.07, 6.45) is 7.18. The number of rotatable bonds is 8. The van der Waals surface area contributed by atoms with Crippen molar-refractivity contribution >= 4 is 29.9 Å². The Morgan fingerprint density at radius 3 is 2.32 bits per heavy atom. The Bertz CT molecular complexity index is 405. The van der Waals surface area contributed by atoms with Crippen molar-refractivity contribution in [2.24, 2.45) is 16.3 Å². The topological polar surface area (TPSA) is 54.9 Å². The van der Waals surface area contributed by atoms with Crippen LogP contribution in [0, 0.1) is 11.3 Å². The van der Waals surface area contributed by atoms with Crippen LogP contribution < -0.4 is 10.6 Å². The summed E-state index contributed by atoms with van der Waals surface area (Å²) in [6, 6.07) is 0. The van der Waals surface area contributed by atoms with E-state index in [1.807, 2.05) is 7.11 Å². The van der Waals surface area contributed by atoms with E-state index in [0.717, 1.165) is 57.6 Å². The van der Waals surface area contributed by atoms with Crippen molar-refractivity contribution in [1.82, 2.24) is 10.6 Å². The van der Waals surface area contributed by atoms with E-state index in [-0.39, 0.29) is 29.6 Å². The Balaban J connectivity index is 0.00000312. The molecule has 1 aliphatic carbocycles. The molecule has 2 N–H and O–H groups in total. The van der Waals surface area contributed by atoms with Crippen LogP contribution in [-0.4, -0.2) is 51.5 Å². The zero-order valence-corrected chi connectivity index (χ0v) is 18.9. The average molecular weight is 467 g/mol. The molecule has 0 radical (unpaired) electrons. The molecule has 2 aliphatic rings. The molecule has 1 saturated carbocycles. The van der Waals surface area contributed by atoms with Crippen molar-refractivity contribution < 1.29 is 9.47 Å². The Morgan fingerprint density at radius 2 is 1.84 bits per heavy atom. The summed E-state index contributed by atoms with van der Waals surface area (Å²) in [5, 5.41) is 6.90. The molecule has 0 aromatic heterocycles. The minimum absolute atomic E-state index is 0. The lowest BCUT2D eigenvalue weighted by Crippen LogP contribution is -2.51. The summed E-state index contributed by atoms with van der Waals surface area (Å²) in [5.74, 6) is 1.67. The van der Waals surface area contributed by atoms with E-state index in [1.165, 1.54) is 25.7 Å². The normalized spacial score (nSPS) is 22.0. The Morgan fingerprint density at radius 1 is 1.16 bits per heavy atom. The summed E-state index contributed by atoms with van der Waals surface area (Å²) in [7, 11) is 1.81. The molecule has 0 spiro atoms. The molecule has 2 rings (SSSR count). The predicted octanol–water partition coefficient (Wildman–Crippen LogP) is 3.57. The smallest absolute Gasteiger partial charge is 0.191 e. The second kappa shape index (κ2) is 10.9. The number of hydrogen-bond donors (Lipinski definition) is 2. The zero-order chi connectivity index (χ0) is 17.5. The predicted molar refractivity (Wildman–Crippen MR) is 115 cm³/mol. The molecule has 0 atom stereocenters. The maximum atomic E-state index is 5.81. The Labute approximate surface area is 171 Å². The first kappa shape index (κ1) is 23.0. The van der Waals surface area contributed by atoms with Crippen molar-refractivity contribution in [2.75, 3.05) is 40.0 Å². The van der Waals surface area contributed by atoms with Gasteiger partial charge in [0.2, 0.25) is 0 Å². The average Bonchev–Trinajstić information content (AvgIpc) is 2.55. The molecule has 5 nitrogen and oxygen atoms in total. The van der Waals surface area contributed by atoms with Gasteiger partial charge in [-0.3, -0.25) is 4.99 Å². The second-order valence-corrected chi connectivity index (χ2v) is 8.00. The van der Waals surface area contributed by atoms with Crippen LogP contribution in [0.25, 0.3) is 0 Å². The van der Waals surface area contributed by atoms with Gasteiger partial charge in [0.1, 0.15) is 0 Å². The van der Waals surface area contributed by atoms with E-state index in [9.17, 15) is 0 Å². The largest absolute Gasteiger partial charge is 0.381 e. The van der Waals surface area contributed by atoms with E-state index in [1.54, 1.807) is 0 Å². The highest BCUT2D eigenvalue weighted by atomic mass is 127. The monoisotopic (exact) mass is 467 g/mol. The molecule has 6 heteroatoms.